The number of rotatable bonds is 4. The zero-order chi connectivity index (χ0) is 14.8. The largest absolute Gasteiger partial charge is 0.399 e. The average Bonchev–Trinajstić information content (AvgIpc) is 2.78. The van der Waals surface area contributed by atoms with Gasteiger partial charge in [-0.25, -0.2) is 0 Å². The van der Waals surface area contributed by atoms with Gasteiger partial charge in [0.25, 0.3) is 5.91 Å². The molecule has 1 amide bonds. The highest BCUT2D eigenvalue weighted by atomic mass is 16.5. The number of fused-ring (bicyclic) bond motifs is 1. The highest BCUT2D eigenvalue weighted by Crippen LogP contribution is 2.39. The lowest BCUT2D eigenvalue weighted by Gasteiger charge is -2.25. The number of hydrogen-bond donors (Lipinski definition) is 1. The molecule has 108 valence electrons. The standard InChI is InChI=1S/C17H18N2O2/c1-21-10-9-19-16(12-5-3-2-4-6-12)15-11-13(18)7-8-14(15)17(19)20/h2-8,11,16H,9-10,18H2,1H3. The van der Waals surface area contributed by atoms with Crippen LogP contribution in [0, 0.1) is 0 Å². The number of nitrogens with zero attached hydrogens (tertiary/aromatic N) is 1. The Balaban J connectivity index is 2.08. The van der Waals surface area contributed by atoms with Crippen LogP contribution in [0.2, 0.25) is 0 Å². The molecule has 21 heavy (non-hydrogen) atoms. The first kappa shape index (κ1) is 13.6. The Hall–Kier alpha value is -2.33. The lowest BCUT2D eigenvalue weighted by Crippen LogP contribution is -2.31. The lowest BCUT2D eigenvalue weighted by molar-refractivity contribution is 0.0683. The van der Waals surface area contributed by atoms with Crippen LogP contribution >= 0.6 is 0 Å². The third-order valence-corrected chi connectivity index (χ3v) is 3.82. The van der Waals surface area contributed by atoms with Crippen LogP contribution in [0.4, 0.5) is 5.69 Å². The van der Waals surface area contributed by atoms with E-state index >= 15 is 0 Å². The molecule has 2 aromatic carbocycles. The molecule has 0 saturated carbocycles. The Morgan fingerprint density at radius 2 is 1.95 bits per heavy atom. The molecule has 0 radical (unpaired) electrons. The van der Waals surface area contributed by atoms with E-state index in [1.165, 1.54) is 0 Å². The number of carbonyl (C=O) groups excluding carboxylic acids is 1. The first-order valence-electron chi connectivity index (χ1n) is 6.96. The third-order valence-electron chi connectivity index (χ3n) is 3.82. The van der Waals surface area contributed by atoms with E-state index in [2.05, 4.69) is 0 Å². The van der Waals surface area contributed by atoms with Crippen molar-refractivity contribution in [3.05, 3.63) is 65.2 Å². The van der Waals surface area contributed by atoms with Gasteiger partial charge in [-0.1, -0.05) is 30.3 Å². The second-order valence-corrected chi connectivity index (χ2v) is 5.15. The van der Waals surface area contributed by atoms with Crippen LogP contribution < -0.4 is 5.73 Å². The molecular weight excluding hydrogens is 264 g/mol. The van der Waals surface area contributed by atoms with Crippen molar-refractivity contribution < 1.29 is 9.53 Å². The van der Waals surface area contributed by atoms with Crippen LogP contribution in [0.25, 0.3) is 0 Å². The normalized spacial score (nSPS) is 17.1. The number of methoxy groups -OCH3 is 1. The van der Waals surface area contributed by atoms with Crippen molar-refractivity contribution in [1.29, 1.82) is 0 Å². The van der Waals surface area contributed by atoms with Crippen LogP contribution in [0.15, 0.2) is 48.5 Å². The van der Waals surface area contributed by atoms with Crippen LogP contribution in [0.5, 0.6) is 0 Å². The molecule has 4 heteroatoms. The van der Waals surface area contributed by atoms with E-state index in [9.17, 15) is 4.79 Å². The molecule has 2 aromatic rings. The number of amides is 1. The molecule has 0 aromatic heterocycles. The minimum absolute atomic E-state index is 0.0379. The van der Waals surface area contributed by atoms with E-state index in [1.807, 2.05) is 47.4 Å². The smallest absolute Gasteiger partial charge is 0.255 e. The molecule has 1 atom stereocenters. The number of anilines is 1. The quantitative estimate of drug-likeness (QED) is 0.876. The van der Waals surface area contributed by atoms with Crippen molar-refractivity contribution in [1.82, 2.24) is 4.90 Å². The van der Waals surface area contributed by atoms with Crippen molar-refractivity contribution in [2.75, 3.05) is 26.0 Å². The molecule has 0 bridgehead atoms. The Kier molecular flexibility index (Phi) is 3.62. The van der Waals surface area contributed by atoms with Crippen molar-refractivity contribution in [3.63, 3.8) is 0 Å². The monoisotopic (exact) mass is 282 g/mol. The van der Waals surface area contributed by atoms with Crippen molar-refractivity contribution in [2.24, 2.45) is 0 Å². The Morgan fingerprint density at radius 3 is 2.67 bits per heavy atom. The summed E-state index contributed by atoms with van der Waals surface area (Å²) < 4.78 is 5.14. The molecule has 1 aliphatic rings. The minimum Gasteiger partial charge on any atom is -0.399 e. The molecule has 1 heterocycles. The number of ether oxygens (including phenoxy) is 1. The first-order valence-corrected chi connectivity index (χ1v) is 6.96. The molecule has 0 aliphatic carbocycles. The molecule has 0 saturated heterocycles. The van der Waals surface area contributed by atoms with E-state index in [4.69, 9.17) is 10.5 Å². The van der Waals surface area contributed by atoms with Crippen LogP contribution in [-0.2, 0) is 4.74 Å². The summed E-state index contributed by atoms with van der Waals surface area (Å²) in [7, 11) is 1.64. The van der Waals surface area contributed by atoms with Gasteiger partial charge < -0.3 is 15.4 Å². The van der Waals surface area contributed by atoms with Crippen molar-refractivity contribution >= 4 is 11.6 Å². The van der Waals surface area contributed by atoms with Gasteiger partial charge in [-0.2, -0.15) is 0 Å². The maximum Gasteiger partial charge on any atom is 0.255 e. The van der Waals surface area contributed by atoms with Gasteiger partial charge in [0.2, 0.25) is 0 Å². The highest BCUT2D eigenvalue weighted by Gasteiger charge is 2.37. The summed E-state index contributed by atoms with van der Waals surface area (Å²) in [4.78, 5) is 14.5. The third kappa shape index (κ3) is 2.38. The molecule has 0 spiro atoms. The molecule has 0 fully saturated rings. The highest BCUT2D eigenvalue weighted by molar-refractivity contribution is 6.00. The predicted molar refractivity (Wildman–Crippen MR) is 82.1 cm³/mol. The predicted octanol–water partition coefficient (Wildman–Crippen LogP) is 2.46. The van der Waals surface area contributed by atoms with Gasteiger partial charge in [-0.3, -0.25) is 4.79 Å². The maximum absolute atomic E-state index is 12.6. The zero-order valence-corrected chi connectivity index (χ0v) is 12.0. The van der Waals surface area contributed by atoms with Gasteiger partial charge in [0.05, 0.1) is 12.6 Å². The molecule has 4 nitrogen and oxygen atoms in total. The van der Waals surface area contributed by atoms with E-state index in [-0.39, 0.29) is 11.9 Å². The number of nitrogen functional groups attached to an aromatic ring is 1. The van der Waals surface area contributed by atoms with Gasteiger partial charge in [-0.05, 0) is 29.3 Å². The Labute approximate surface area is 124 Å². The fraction of sp³-hybridized carbons (Fsp3) is 0.235. The topological polar surface area (TPSA) is 55.6 Å². The van der Waals surface area contributed by atoms with E-state index in [0.29, 0.717) is 18.8 Å². The lowest BCUT2D eigenvalue weighted by atomic mass is 9.97. The van der Waals surface area contributed by atoms with Crippen LogP contribution in [0.1, 0.15) is 27.5 Å². The molecule has 1 unspecified atom stereocenters. The fourth-order valence-electron chi connectivity index (χ4n) is 2.86. The maximum atomic E-state index is 12.6. The number of benzene rings is 2. The van der Waals surface area contributed by atoms with Crippen molar-refractivity contribution in [2.45, 2.75) is 6.04 Å². The zero-order valence-electron chi connectivity index (χ0n) is 12.0. The number of nitrogens with two attached hydrogens (primary N) is 1. The Morgan fingerprint density at radius 1 is 1.19 bits per heavy atom. The summed E-state index contributed by atoms with van der Waals surface area (Å²) in [6, 6.07) is 15.4. The molecular formula is C17H18N2O2. The molecule has 3 rings (SSSR count). The number of carbonyl (C=O) groups is 1. The van der Waals surface area contributed by atoms with Gasteiger partial charge in [0.15, 0.2) is 0 Å². The minimum atomic E-state index is -0.0904. The van der Waals surface area contributed by atoms with E-state index < -0.39 is 0 Å². The summed E-state index contributed by atoms with van der Waals surface area (Å²) in [5.74, 6) is 0.0379. The van der Waals surface area contributed by atoms with Gasteiger partial charge >= 0.3 is 0 Å². The summed E-state index contributed by atoms with van der Waals surface area (Å²) in [5, 5.41) is 0. The van der Waals surface area contributed by atoms with Crippen molar-refractivity contribution in [3.8, 4) is 0 Å². The van der Waals surface area contributed by atoms with E-state index in [1.54, 1.807) is 13.2 Å². The SMILES string of the molecule is COCCN1C(=O)c2ccc(N)cc2C1c1ccccc1. The van der Waals surface area contributed by atoms with Crippen LogP contribution in [-0.4, -0.2) is 31.1 Å². The fourth-order valence-corrected chi connectivity index (χ4v) is 2.86. The van der Waals surface area contributed by atoms with Gasteiger partial charge in [0, 0.05) is 24.9 Å². The Bertz CT molecular complexity index is 655. The summed E-state index contributed by atoms with van der Waals surface area (Å²) in [5.41, 5.74) is 9.38. The summed E-state index contributed by atoms with van der Waals surface area (Å²) >= 11 is 0. The second kappa shape index (κ2) is 5.58. The van der Waals surface area contributed by atoms with Crippen LogP contribution in [0.3, 0.4) is 0 Å². The first-order chi connectivity index (χ1) is 10.2. The second-order valence-electron chi connectivity index (χ2n) is 5.15. The van der Waals surface area contributed by atoms with Gasteiger partial charge in [0.1, 0.15) is 0 Å². The summed E-state index contributed by atoms with van der Waals surface area (Å²) in [6.45, 7) is 1.07. The van der Waals surface area contributed by atoms with Gasteiger partial charge in [-0.15, -0.1) is 0 Å². The summed E-state index contributed by atoms with van der Waals surface area (Å²) in [6.07, 6.45) is 0. The molecule has 2 N–H and O–H groups in total. The molecule has 1 aliphatic heterocycles. The average molecular weight is 282 g/mol. The van der Waals surface area contributed by atoms with E-state index in [0.717, 1.165) is 16.7 Å². The number of hydrogen-bond acceptors (Lipinski definition) is 3.